The van der Waals surface area contributed by atoms with Gasteiger partial charge in [-0.05, 0) is 30.9 Å². The largest absolute Gasteiger partial charge is 0.0798 e. The fourth-order valence-electron chi connectivity index (χ4n) is 2.60. The highest BCUT2D eigenvalue weighted by Gasteiger charge is 1.98. The van der Waals surface area contributed by atoms with E-state index in [-0.39, 0.29) is 0 Å². The molecule has 0 N–H and O–H groups in total. The molecule has 0 spiro atoms. The second-order valence-electron chi connectivity index (χ2n) is 5.59. The van der Waals surface area contributed by atoms with Crippen molar-refractivity contribution in [3.63, 3.8) is 0 Å². The van der Waals surface area contributed by atoms with Crippen molar-refractivity contribution in [3.8, 4) is 0 Å². The van der Waals surface area contributed by atoms with E-state index in [1.807, 2.05) is 0 Å². The molecule has 0 bridgehead atoms. The number of allylic oxidation sites excluding steroid dienone is 4. The summed E-state index contributed by atoms with van der Waals surface area (Å²) in [6, 6.07) is 0. The maximum Gasteiger partial charge on any atom is -0.00885 e. The predicted molar refractivity (Wildman–Crippen MR) is 81.6 cm³/mol. The Balaban J connectivity index is 1.72. The van der Waals surface area contributed by atoms with Crippen LogP contribution in [0, 0.1) is 6.08 Å². The SMILES string of the molecule is CCCCCCCCCCCCCC1=[C]CC=C1. The maximum atomic E-state index is 3.40. The van der Waals surface area contributed by atoms with E-state index < -0.39 is 0 Å². The summed E-state index contributed by atoms with van der Waals surface area (Å²) in [7, 11) is 0. The van der Waals surface area contributed by atoms with Crippen molar-refractivity contribution in [2.75, 3.05) is 0 Å². The van der Waals surface area contributed by atoms with Crippen LogP contribution in [0.4, 0.5) is 0 Å². The van der Waals surface area contributed by atoms with E-state index in [0.717, 1.165) is 6.42 Å². The van der Waals surface area contributed by atoms with Gasteiger partial charge in [0.15, 0.2) is 0 Å². The van der Waals surface area contributed by atoms with Crippen LogP contribution in [0.25, 0.3) is 0 Å². The number of hydrogen-bond acceptors (Lipinski definition) is 0. The van der Waals surface area contributed by atoms with Crippen molar-refractivity contribution in [1.29, 1.82) is 0 Å². The number of hydrogen-bond donors (Lipinski definition) is 0. The Morgan fingerprint density at radius 1 is 0.833 bits per heavy atom. The molecule has 0 amide bonds. The predicted octanol–water partition coefficient (Wildman–Crippen LogP) is 6.38. The second-order valence-corrected chi connectivity index (χ2v) is 5.59. The summed E-state index contributed by atoms with van der Waals surface area (Å²) in [5, 5.41) is 0. The van der Waals surface area contributed by atoms with Crippen molar-refractivity contribution in [1.82, 2.24) is 0 Å². The molecule has 0 fully saturated rings. The number of rotatable bonds is 12. The average molecular weight is 247 g/mol. The molecule has 1 radical (unpaired) electrons. The molecule has 0 heteroatoms. The third kappa shape index (κ3) is 8.55. The van der Waals surface area contributed by atoms with Gasteiger partial charge in [-0.2, -0.15) is 0 Å². The van der Waals surface area contributed by atoms with Crippen molar-refractivity contribution in [2.45, 2.75) is 90.4 Å². The van der Waals surface area contributed by atoms with Crippen molar-refractivity contribution < 1.29 is 0 Å². The Morgan fingerprint density at radius 3 is 1.89 bits per heavy atom. The minimum atomic E-state index is 1.05. The quantitative estimate of drug-likeness (QED) is 0.351. The molecule has 0 atom stereocenters. The van der Waals surface area contributed by atoms with Crippen molar-refractivity contribution >= 4 is 0 Å². The monoisotopic (exact) mass is 247 g/mol. The zero-order valence-corrected chi connectivity index (χ0v) is 12.3. The van der Waals surface area contributed by atoms with Crippen LogP contribution in [0.15, 0.2) is 17.7 Å². The standard InChI is InChI=1S/C18H31/c1-2-3-4-5-6-7-8-9-10-11-12-15-18-16-13-14-17-18/h13,16H,2-12,14-15H2,1H3. The molecule has 103 valence electrons. The molecule has 0 saturated carbocycles. The maximum absolute atomic E-state index is 3.40. The highest BCUT2D eigenvalue weighted by molar-refractivity contribution is 5.21. The normalized spacial score (nSPS) is 14.2. The number of unbranched alkanes of at least 4 members (excludes halogenated alkanes) is 10. The van der Waals surface area contributed by atoms with Gasteiger partial charge in [-0.25, -0.2) is 0 Å². The van der Waals surface area contributed by atoms with Gasteiger partial charge in [-0.3, -0.25) is 0 Å². The molecule has 0 aromatic carbocycles. The van der Waals surface area contributed by atoms with Crippen molar-refractivity contribution in [2.24, 2.45) is 0 Å². The van der Waals surface area contributed by atoms with Gasteiger partial charge in [-0.15, -0.1) is 0 Å². The summed E-state index contributed by atoms with van der Waals surface area (Å²) in [5.74, 6) is 0. The molecule has 0 aromatic heterocycles. The van der Waals surface area contributed by atoms with Crippen LogP contribution in [0.1, 0.15) is 90.4 Å². The van der Waals surface area contributed by atoms with Crippen molar-refractivity contribution in [3.05, 3.63) is 23.8 Å². The first-order chi connectivity index (χ1) is 8.93. The summed E-state index contributed by atoms with van der Waals surface area (Å²) in [6.45, 7) is 2.29. The molecule has 0 nitrogen and oxygen atoms in total. The minimum Gasteiger partial charge on any atom is -0.0798 e. The smallest absolute Gasteiger partial charge is 0.00885 e. The van der Waals surface area contributed by atoms with Gasteiger partial charge in [0, 0.05) is 0 Å². The summed E-state index contributed by atoms with van der Waals surface area (Å²) < 4.78 is 0. The summed E-state index contributed by atoms with van der Waals surface area (Å²) in [5.41, 5.74) is 1.45. The Morgan fingerprint density at radius 2 is 1.39 bits per heavy atom. The fourth-order valence-corrected chi connectivity index (χ4v) is 2.60. The molecular weight excluding hydrogens is 216 g/mol. The van der Waals surface area contributed by atoms with Crippen LogP contribution >= 0.6 is 0 Å². The van der Waals surface area contributed by atoms with E-state index in [1.165, 1.54) is 82.6 Å². The second kappa shape index (κ2) is 11.6. The molecule has 1 rings (SSSR count). The average Bonchev–Trinajstić information content (AvgIpc) is 2.89. The van der Waals surface area contributed by atoms with Gasteiger partial charge in [0.05, 0.1) is 0 Å². The van der Waals surface area contributed by atoms with Gasteiger partial charge >= 0.3 is 0 Å². The molecule has 0 heterocycles. The fraction of sp³-hybridized carbons (Fsp3) is 0.778. The van der Waals surface area contributed by atoms with Crippen LogP contribution < -0.4 is 0 Å². The van der Waals surface area contributed by atoms with E-state index in [0.29, 0.717) is 0 Å². The molecule has 0 aromatic rings. The molecule has 0 saturated heterocycles. The van der Waals surface area contributed by atoms with Crippen LogP contribution in [-0.4, -0.2) is 0 Å². The van der Waals surface area contributed by atoms with E-state index in [2.05, 4.69) is 25.2 Å². The molecule has 1 aliphatic rings. The lowest BCUT2D eigenvalue weighted by Crippen LogP contribution is -1.83. The Bertz CT molecular complexity index is 234. The lowest BCUT2D eigenvalue weighted by molar-refractivity contribution is 0.549. The van der Waals surface area contributed by atoms with E-state index >= 15 is 0 Å². The molecule has 18 heavy (non-hydrogen) atoms. The molecule has 0 unspecified atom stereocenters. The highest BCUT2D eigenvalue weighted by atomic mass is 14.0. The van der Waals surface area contributed by atoms with Gasteiger partial charge in [0.25, 0.3) is 0 Å². The third-order valence-electron chi connectivity index (χ3n) is 3.82. The van der Waals surface area contributed by atoms with Crippen LogP contribution in [0.3, 0.4) is 0 Å². The molecule has 1 aliphatic carbocycles. The molecule has 0 aliphatic heterocycles. The first-order valence-corrected chi connectivity index (χ1v) is 8.19. The van der Waals surface area contributed by atoms with Crippen LogP contribution in [-0.2, 0) is 0 Å². The first kappa shape index (κ1) is 15.5. The topological polar surface area (TPSA) is 0 Å². The van der Waals surface area contributed by atoms with Crippen LogP contribution in [0.5, 0.6) is 0 Å². The highest BCUT2D eigenvalue weighted by Crippen LogP contribution is 2.17. The minimum absolute atomic E-state index is 1.05. The Hall–Kier alpha value is -0.520. The van der Waals surface area contributed by atoms with E-state index in [1.54, 1.807) is 0 Å². The Kier molecular flexibility index (Phi) is 9.98. The summed E-state index contributed by atoms with van der Waals surface area (Å²) in [4.78, 5) is 0. The van der Waals surface area contributed by atoms with E-state index in [4.69, 9.17) is 0 Å². The Labute approximate surface area is 115 Å². The van der Waals surface area contributed by atoms with Gasteiger partial charge in [0.2, 0.25) is 0 Å². The third-order valence-corrected chi connectivity index (χ3v) is 3.82. The van der Waals surface area contributed by atoms with Gasteiger partial charge in [-0.1, -0.05) is 83.3 Å². The molecular formula is C18H31. The first-order valence-electron chi connectivity index (χ1n) is 8.19. The van der Waals surface area contributed by atoms with E-state index in [9.17, 15) is 0 Å². The lowest BCUT2D eigenvalue weighted by atomic mass is 10.0. The lowest BCUT2D eigenvalue weighted by Gasteiger charge is -2.02. The zero-order chi connectivity index (χ0) is 12.9. The van der Waals surface area contributed by atoms with Crippen LogP contribution in [0.2, 0.25) is 0 Å². The van der Waals surface area contributed by atoms with Gasteiger partial charge < -0.3 is 0 Å². The zero-order valence-electron chi connectivity index (χ0n) is 12.3. The van der Waals surface area contributed by atoms with Gasteiger partial charge in [0.1, 0.15) is 0 Å². The summed E-state index contributed by atoms with van der Waals surface area (Å²) in [6.07, 6.45) is 25.9. The summed E-state index contributed by atoms with van der Waals surface area (Å²) >= 11 is 0.